The number of amides is 1. The number of carbonyl (C=O) groups is 1. The lowest BCUT2D eigenvalue weighted by molar-refractivity contribution is 0.0953. The molecule has 7 heteroatoms. The maximum atomic E-state index is 12.0. The van der Waals surface area contributed by atoms with E-state index in [4.69, 9.17) is 0 Å². The molecule has 0 bridgehead atoms. The van der Waals surface area contributed by atoms with Crippen molar-refractivity contribution < 1.29 is 4.79 Å². The third-order valence-corrected chi connectivity index (χ3v) is 4.81. The average molecular weight is 356 g/mol. The summed E-state index contributed by atoms with van der Waals surface area (Å²) in [5, 5.41) is 11.4. The molecule has 1 N–H and O–H groups in total. The molecule has 2 aromatic rings. The first-order valence-electron chi connectivity index (χ1n) is 9.48. The maximum absolute atomic E-state index is 12.0. The Bertz CT molecular complexity index is 724. The second-order valence-corrected chi connectivity index (χ2v) is 7.14. The lowest BCUT2D eigenvalue weighted by Gasteiger charge is -2.33. The van der Waals surface area contributed by atoms with Gasteiger partial charge in [-0.05, 0) is 45.2 Å². The summed E-state index contributed by atoms with van der Waals surface area (Å²) in [7, 11) is 0. The first-order valence-corrected chi connectivity index (χ1v) is 9.48. The molecular weight excluding hydrogens is 328 g/mol. The topological polar surface area (TPSA) is 75.9 Å². The van der Waals surface area contributed by atoms with Gasteiger partial charge in [0.15, 0.2) is 0 Å². The molecule has 3 heterocycles. The van der Waals surface area contributed by atoms with Crippen LogP contribution in [0, 0.1) is 0 Å². The van der Waals surface area contributed by atoms with Gasteiger partial charge >= 0.3 is 0 Å². The maximum Gasteiger partial charge on any atom is 0.252 e. The predicted octanol–water partition coefficient (Wildman–Crippen LogP) is 2.78. The second kappa shape index (κ2) is 8.29. The first kappa shape index (κ1) is 18.4. The summed E-state index contributed by atoms with van der Waals surface area (Å²) in [4.78, 5) is 18.8. The zero-order valence-electron chi connectivity index (χ0n) is 15.9. The van der Waals surface area contributed by atoms with E-state index >= 15 is 0 Å². The molecule has 7 nitrogen and oxygen atoms in total. The molecule has 140 valence electrons. The predicted molar refractivity (Wildman–Crippen MR) is 101 cm³/mol. The Labute approximate surface area is 154 Å². The number of hydrogen-bond donors (Lipinski definition) is 1. The number of pyridine rings is 1. The zero-order chi connectivity index (χ0) is 18.5. The van der Waals surface area contributed by atoms with Crippen LogP contribution in [0.1, 0.15) is 68.2 Å². The molecule has 26 heavy (non-hydrogen) atoms. The lowest BCUT2D eigenvalue weighted by Crippen LogP contribution is -2.36. The van der Waals surface area contributed by atoms with E-state index in [9.17, 15) is 4.79 Å². The van der Waals surface area contributed by atoms with Crippen LogP contribution in [0.25, 0.3) is 0 Å². The van der Waals surface area contributed by atoms with E-state index in [-0.39, 0.29) is 5.91 Å². The fourth-order valence-corrected chi connectivity index (χ4v) is 3.39. The Balaban J connectivity index is 1.69. The quantitative estimate of drug-likeness (QED) is 0.861. The van der Waals surface area contributed by atoms with Crippen molar-refractivity contribution in [2.75, 3.05) is 24.5 Å². The van der Waals surface area contributed by atoms with Crippen molar-refractivity contribution in [3.05, 3.63) is 36.0 Å². The Hall–Kier alpha value is -2.44. The third kappa shape index (κ3) is 4.03. The highest BCUT2D eigenvalue weighted by molar-refractivity contribution is 5.94. The highest BCUT2D eigenvalue weighted by Crippen LogP contribution is 2.29. The van der Waals surface area contributed by atoms with Crippen LogP contribution in [0.5, 0.6) is 0 Å². The minimum absolute atomic E-state index is 0.0625. The van der Waals surface area contributed by atoms with Gasteiger partial charge in [0.2, 0.25) is 0 Å². The van der Waals surface area contributed by atoms with Crippen molar-refractivity contribution in [1.29, 1.82) is 0 Å². The van der Waals surface area contributed by atoms with E-state index in [0.717, 1.165) is 44.0 Å². The molecule has 1 amide bonds. The summed E-state index contributed by atoms with van der Waals surface area (Å²) < 4.78 is 2.16. The minimum Gasteiger partial charge on any atom is -0.356 e. The second-order valence-electron chi connectivity index (χ2n) is 7.14. The van der Waals surface area contributed by atoms with Crippen molar-refractivity contribution in [1.82, 2.24) is 25.1 Å². The van der Waals surface area contributed by atoms with Crippen molar-refractivity contribution in [2.24, 2.45) is 0 Å². The summed E-state index contributed by atoms with van der Waals surface area (Å²) in [6.07, 6.45) is 6.62. The van der Waals surface area contributed by atoms with Crippen LogP contribution in [0.4, 0.5) is 5.82 Å². The monoisotopic (exact) mass is 356 g/mol. The smallest absolute Gasteiger partial charge is 0.252 e. The molecule has 0 saturated carbocycles. The standard InChI is InChI=1S/C19H28N6O/c1-4-9-20-19(26)15-7-8-17(21-11-15)24-10-5-6-16(12-24)18-23-22-13-25(18)14(2)3/h7-8,11,13-14,16H,4-6,9-10,12H2,1-3H3,(H,20,26). The zero-order valence-corrected chi connectivity index (χ0v) is 15.9. The van der Waals surface area contributed by atoms with Crippen LogP contribution in [0.3, 0.4) is 0 Å². The number of rotatable bonds is 6. The Morgan fingerprint density at radius 2 is 2.23 bits per heavy atom. The largest absolute Gasteiger partial charge is 0.356 e. The summed E-state index contributed by atoms with van der Waals surface area (Å²) in [6.45, 7) is 8.87. The molecule has 1 saturated heterocycles. The molecule has 1 aliphatic rings. The summed E-state index contributed by atoms with van der Waals surface area (Å²) >= 11 is 0. The molecule has 1 atom stereocenters. The van der Waals surface area contributed by atoms with Gasteiger partial charge in [-0.1, -0.05) is 6.92 Å². The molecule has 0 aliphatic carbocycles. The minimum atomic E-state index is -0.0625. The summed E-state index contributed by atoms with van der Waals surface area (Å²) in [6, 6.07) is 4.15. The van der Waals surface area contributed by atoms with E-state index < -0.39 is 0 Å². The van der Waals surface area contributed by atoms with E-state index in [1.807, 2.05) is 25.4 Å². The van der Waals surface area contributed by atoms with Gasteiger partial charge in [-0.3, -0.25) is 4.79 Å². The summed E-state index contributed by atoms with van der Waals surface area (Å²) in [5.74, 6) is 2.26. The van der Waals surface area contributed by atoms with Crippen LogP contribution in [0.2, 0.25) is 0 Å². The molecule has 0 spiro atoms. The van der Waals surface area contributed by atoms with Gasteiger partial charge in [0.1, 0.15) is 18.0 Å². The molecule has 2 aromatic heterocycles. The van der Waals surface area contributed by atoms with Crippen LogP contribution < -0.4 is 10.2 Å². The highest BCUT2D eigenvalue weighted by Gasteiger charge is 2.26. The van der Waals surface area contributed by atoms with Crippen LogP contribution >= 0.6 is 0 Å². The Kier molecular flexibility index (Phi) is 5.85. The molecular formula is C19H28N6O. The van der Waals surface area contributed by atoms with Gasteiger partial charge in [-0.2, -0.15) is 0 Å². The molecule has 0 aromatic carbocycles. The Morgan fingerprint density at radius 3 is 2.92 bits per heavy atom. The van der Waals surface area contributed by atoms with E-state index in [1.54, 1.807) is 6.20 Å². The van der Waals surface area contributed by atoms with Crippen LogP contribution in [-0.4, -0.2) is 45.3 Å². The SMILES string of the molecule is CCCNC(=O)c1ccc(N2CCCC(c3nncn3C(C)C)C2)nc1. The van der Waals surface area contributed by atoms with Crippen LogP contribution in [0.15, 0.2) is 24.7 Å². The number of anilines is 1. The van der Waals surface area contributed by atoms with Gasteiger partial charge in [0.05, 0.1) is 5.56 Å². The van der Waals surface area contributed by atoms with Gasteiger partial charge in [-0.15, -0.1) is 10.2 Å². The average Bonchev–Trinajstić information content (AvgIpc) is 3.16. The van der Waals surface area contributed by atoms with Crippen molar-refractivity contribution >= 4 is 11.7 Å². The molecule has 1 aliphatic heterocycles. The Morgan fingerprint density at radius 1 is 1.38 bits per heavy atom. The lowest BCUT2D eigenvalue weighted by atomic mass is 9.97. The number of nitrogens with one attached hydrogen (secondary N) is 1. The third-order valence-electron chi connectivity index (χ3n) is 4.81. The highest BCUT2D eigenvalue weighted by atomic mass is 16.1. The number of hydrogen-bond acceptors (Lipinski definition) is 5. The van der Waals surface area contributed by atoms with Gasteiger partial charge in [0.25, 0.3) is 5.91 Å². The van der Waals surface area contributed by atoms with Gasteiger partial charge in [-0.25, -0.2) is 4.98 Å². The van der Waals surface area contributed by atoms with Gasteiger partial charge < -0.3 is 14.8 Å². The van der Waals surface area contributed by atoms with Gasteiger partial charge in [0, 0.05) is 37.8 Å². The first-order chi connectivity index (χ1) is 12.6. The van der Waals surface area contributed by atoms with E-state index in [0.29, 0.717) is 24.1 Å². The summed E-state index contributed by atoms with van der Waals surface area (Å²) in [5.41, 5.74) is 0.607. The fourth-order valence-electron chi connectivity index (χ4n) is 3.39. The normalized spacial score (nSPS) is 17.5. The number of piperidine rings is 1. The molecule has 1 unspecified atom stereocenters. The number of nitrogens with zero attached hydrogens (tertiary/aromatic N) is 5. The van der Waals surface area contributed by atoms with E-state index in [2.05, 4.69) is 43.8 Å². The number of aromatic nitrogens is 4. The van der Waals surface area contributed by atoms with Crippen molar-refractivity contribution in [3.63, 3.8) is 0 Å². The number of carbonyl (C=O) groups excluding carboxylic acids is 1. The van der Waals surface area contributed by atoms with Crippen molar-refractivity contribution in [3.8, 4) is 0 Å². The molecule has 0 radical (unpaired) electrons. The molecule has 3 rings (SSSR count). The van der Waals surface area contributed by atoms with Crippen LogP contribution in [-0.2, 0) is 0 Å². The fraction of sp³-hybridized carbons (Fsp3) is 0.579. The molecule has 1 fully saturated rings. The van der Waals surface area contributed by atoms with Crippen molar-refractivity contribution in [2.45, 2.75) is 52.0 Å². The van der Waals surface area contributed by atoms with E-state index in [1.165, 1.54) is 0 Å².